The molecule has 0 aromatic heterocycles. The molecule has 0 unspecified atom stereocenters. The molecule has 0 bridgehead atoms. The third-order valence-corrected chi connectivity index (χ3v) is 3.19. The van der Waals surface area contributed by atoms with Crippen molar-refractivity contribution in [3.63, 3.8) is 0 Å². The van der Waals surface area contributed by atoms with Crippen LogP contribution in [-0.4, -0.2) is 24.4 Å². The average Bonchev–Trinajstić information content (AvgIpc) is 2.75. The van der Waals surface area contributed by atoms with Gasteiger partial charge in [-0.05, 0) is 21.4 Å². The second-order valence-corrected chi connectivity index (χ2v) is 4.98. The van der Waals surface area contributed by atoms with Gasteiger partial charge in [0.25, 0.3) is 0 Å². The summed E-state index contributed by atoms with van der Waals surface area (Å²) in [7, 11) is -2.16. The van der Waals surface area contributed by atoms with Crippen LogP contribution in [0.1, 0.15) is 27.7 Å². The van der Waals surface area contributed by atoms with Crippen molar-refractivity contribution >= 4 is 21.4 Å². The summed E-state index contributed by atoms with van der Waals surface area (Å²) in [6.07, 6.45) is 0. The normalized spacial score (nSPS) is 6.73. The van der Waals surface area contributed by atoms with Gasteiger partial charge in [-0.15, -0.1) is 0 Å². The van der Waals surface area contributed by atoms with E-state index >= 15 is 0 Å². The minimum atomic E-state index is -2.08. The van der Waals surface area contributed by atoms with Crippen LogP contribution in [0.15, 0.2) is 70.5 Å². The van der Waals surface area contributed by atoms with Gasteiger partial charge in [0.05, 0.1) is 0 Å². The molecule has 0 spiro atoms. The zero-order valence-electron chi connectivity index (χ0n) is 18.8. The molecule has 3 radical (unpaired) electrons. The van der Waals surface area contributed by atoms with Crippen LogP contribution in [-0.2, 0) is 136 Å². The van der Waals surface area contributed by atoms with E-state index in [4.69, 9.17) is 10.2 Å². The molecule has 2 rings (SSSR count). The van der Waals surface area contributed by atoms with Crippen LogP contribution in [0, 0.1) is 7.43 Å². The van der Waals surface area contributed by atoms with E-state index in [0.29, 0.717) is 9.79 Å². The van der Waals surface area contributed by atoms with Gasteiger partial charge in [-0.2, -0.15) is 0 Å². The van der Waals surface area contributed by atoms with Crippen LogP contribution in [0.25, 0.3) is 0 Å². The summed E-state index contributed by atoms with van der Waals surface area (Å²) < 4.78 is 40.8. The Bertz CT molecular complexity index is 566. The van der Waals surface area contributed by atoms with Crippen LogP contribution < -0.4 is 0 Å². The van der Waals surface area contributed by atoms with Crippen molar-refractivity contribution in [2.24, 2.45) is 0 Å². The molecule has 0 amide bonds. The van der Waals surface area contributed by atoms with E-state index in [1.54, 1.807) is 60.7 Å². The molecule has 2 N–H and O–H groups in total. The second-order valence-electron chi connectivity index (χ2n) is 3.10. The van der Waals surface area contributed by atoms with Crippen LogP contribution in [0.2, 0.25) is 0 Å². The molecule has 0 aliphatic carbocycles. The molecule has 0 saturated heterocycles. The monoisotopic (exact) mass is 688 g/mol. The maximum absolute atomic E-state index is 10.2. The molecule has 0 aliphatic rings. The molecule has 30 heavy (non-hydrogen) atoms. The van der Waals surface area contributed by atoms with E-state index in [9.17, 15) is 16.8 Å². The number of benzene rings is 2. The number of hydrogen-bond acceptors (Lipinski definition) is 8. The average molecular weight is 688 g/mol. The molecule has 6 nitrogen and oxygen atoms in total. The van der Waals surface area contributed by atoms with Crippen LogP contribution >= 0.6 is 0 Å². The van der Waals surface area contributed by atoms with E-state index in [0.717, 1.165) is 14.2 Å². The van der Waals surface area contributed by atoms with E-state index in [1.165, 1.54) is 0 Å². The Morgan fingerprint density at radius 3 is 0.767 bits per heavy atom. The summed E-state index contributed by atoms with van der Waals surface area (Å²) >= 11 is 0. The topological polar surface area (TPSA) is 109 Å². The maximum Gasteiger partial charge on any atom is 0.0319 e. The Kier molecular flexibility index (Phi) is 85.2. The number of rotatable bonds is 2. The molecular formula is C19H33O6S2Y3-3. The summed E-state index contributed by atoms with van der Waals surface area (Å²) in [6, 6.07) is 16.5. The molecular weight excluding hydrogens is 655 g/mol. The fourth-order valence-electron chi connectivity index (χ4n) is 1.06. The minimum absolute atomic E-state index is 0. The van der Waals surface area contributed by atoms with Crippen molar-refractivity contribution < 1.29 is 125 Å². The van der Waals surface area contributed by atoms with Crippen molar-refractivity contribution in [2.75, 3.05) is 14.2 Å². The molecule has 0 fully saturated rings. The Balaban J connectivity index is -0.0000000367. The Labute approximate surface area is 262 Å². The zero-order chi connectivity index (χ0) is 21.4. The predicted molar refractivity (Wildman–Crippen MR) is 112 cm³/mol. The van der Waals surface area contributed by atoms with Crippen molar-refractivity contribution in [3.8, 4) is 0 Å². The molecule has 2 aromatic carbocycles. The van der Waals surface area contributed by atoms with E-state index in [2.05, 4.69) is 0 Å². The number of aliphatic hydroxyl groups is 2. The van der Waals surface area contributed by atoms with Gasteiger partial charge in [0.15, 0.2) is 0 Å². The van der Waals surface area contributed by atoms with Crippen molar-refractivity contribution in [2.45, 2.75) is 37.5 Å². The molecule has 0 saturated carbocycles. The molecule has 0 heterocycles. The summed E-state index contributed by atoms with van der Waals surface area (Å²) in [5, 5.41) is 14.0. The third kappa shape index (κ3) is 36.9. The van der Waals surface area contributed by atoms with Gasteiger partial charge in [0.1, 0.15) is 0 Å². The predicted octanol–water partition coefficient (Wildman–Crippen LogP) is 4.42. The molecule has 169 valence electrons. The van der Waals surface area contributed by atoms with E-state index in [1.807, 2.05) is 27.7 Å². The third-order valence-electron chi connectivity index (χ3n) is 1.87. The van der Waals surface area contributed by atoms with Gasteiger partial charge in [-0.25, -0.2) is 0 Å². The first-order valence-electron chi connectivity index (χ1n) is 7.79. The first-order chi connectivity index (χ1) is 12.6. The van der Waals surface area contributed by atoms with E-state index < -0.39 is 21.4 Å². The quantitative estimate of drug-likeness (QED) is 0.358. The van der Waals surface area contributed by atoms with Crippen molar-refractivity contribution in [1.82, 2.24) is 0 Å². The standard InChI is InChI=1S/2C6H5O2S.2C2H6.2CH4O.CH3.3Y/c2*7-9(8)6-4-2-1-3-5-6;4*1-2;;;;/h2*1-5H;2*1-2H3;2*2H,1H3;1H3;;;/q2*-1;;;;;-1;;;. The van der Waals surface area contributed by atoms with Crippen molar-refractivity contribution in [3.05, 3.63) is 68.1 Å². The fourth-order valence-corrected chi connectivity index (χ4v) is 1.82. The smallest absolute Gasteiger partial charge is 0.0319 e. The molecule has 0 aliphatic heterocycles. The van der Waals surface area contributed by atoms with Crippen LogP contribution in [0.4, 0.5) is 0 Å². The van der Waals surface area contributed by atoms with E-state index in [-0.39, 0.29) is 106 Å². The van der Waals surface area contributed by atoms with Gasteiger partial charge in [-0.3, -0.25) is 0 Å². The zero-order valence-corrected chi connectivity index (χ0v) is 29.0. The summed E-state index contributed by atoms with van der Waals surface area (Å²) in [5.41, 5.74) is 0. The summed E-state index contributed by atoms with van der Waals surface area (Å²) in [4.78, 5) is 0.662. The summed E-state index contributed by atoms with van der Waals surface area (Å²) in [6.45, 7) is 8.00. The van der Waals surface area contributed by atoms with Crippen molar-refractivity contribution in [1.29, 1.82) is 0 Å². The van der Waals surface area contributed by atoms with Gasteiger partial charge in [0, 0.05) is 112 Å². The van der Waals surface area contributed by atoms with Crippen LogP contribution in [0.5, 0.6) is 0 Å². The van der Waals surface area contributed by atoms with Gasteiger partial charge >= 0.3 is 0 Å². The maximum atomic E-state index is 10.2. The summed E-state index contributed by atoms with van der Waals surface area (Å²) in [5.74, 6) is 0. The number of hydrogen-bond donors (Lipinski definition) is 2. The largest absolute Gasteiger partial charge is 0.420 e. The van der Waals surface area contributed by atoms with Gasteiger partial charge < -0.3 is 34.5 Å². The van der Waals surface area contributed by atoms with Gasteiger partial charge in [0.2, 0.25) is 0 Å². The molecule has 2 aromatic rings. The second kappa shape index (κ2) is 48.1. The Morgan fingerprint density at radius 1 is 0.500 bits per heavy atom. The Morgan fingerprint density at radius 2 is 0.667 bits per heavy atom. The SMILES string of the molecule is CC.CC.CO.CO.O=[S-](=O)c1ccccc1.O=[S-](=O)c1ccccc1.[CH3-].[Y].[Y].[Y]. The number of aliphatic hydroxyl groups excluding tert-OH is 2. The minimum Gasteiger partial charge on any atom is -0.420 e. The first kappa shape index (κ1) is 53.1. The van der Waals surface area contributed by atoms with Crippen LogP contribution in [0.3, 0.4) is 0 Å². The fraction of sp³-hybridized carbons (Fsp3) is 0.316. The van der Waals surface area contributed by atoms with Gasteiger partial charge in [-0.1, -0.05) is 98.1 Å². The molecule has 11 heteroatoms. The molecule has 0 atom stereocenters. The Hall–Kier alpha value is 1.57. The first-order valence-corrected chi connectivity index (χ1v) is 9.94.